The van der Waals surface area contributed by atoms with Gasteiger partial charge in [-0.15, -0.1) is 0 Å². The van der Waals surface area contributed by atoms with Crippen molar-refractivity contribution < 1.29 is 13.9 Å². The molecule has 5 heteroatoms. The summed E-state index contributed by atoms with van der Waals surface area (Å²) in [6, 6.07) is 0.0943. The zero-order chi connectivity index (χ0) is 14.2. The molecule has 0 radical (unpaired) electrons. The SMILES string of the molecule is Cc1oc(C)c(C(=O)N2CC(CBr)OCC2C)c1C. The Morgan fingerprint density at radius 1 is 1.37 bits per heavy atom. The fourth-order valence-corrected chi connectivity index (χ4v) is 2.84. The van der Waals surface area contributed by atoms with E-state index in [2.05, 4.69) is 15.9 Å². The van der Waals surface area contributed by atoms with Crippen LogP contribution in [0.5, 0.6) is 0 Å². The molecule has 0 aliphatic carbocycles. The highest BCUT2D eigenvalue weighted by atomic mass is 79.9. The molecule has 106 valence electrons. The van der Waals surface area contributed by atoms with E-state index < -0.39 is 0 Å². The molecular formula is C14H20BrNO3. The molecule has 1 aliphatic heterocycles. The highest BCUT2D eigenvalue weighted by molar-refractivity contribution is 9.09. The first-order chi connectivity index (χ1) is 8.95. The molecule has 0 aromatic carbocycles. The van der Waals surface area contributed by atoms with Crippen molar-refractivity contribution in [1.29, 1.82) is 0 Å². The second-order valence-electron chi connectivity index (χ2n) is 5.13. The van der Waals surface area contributed by atoms with Crippen LogP contribution in [0.3, 0.4) is 0 Å². The van der Waals surface area contributed by atoms with Crippen LogP contribution in [-0.4, -0.2) is 41.4 Å². The van der Waals surface area contributed by atoms with Gasteiger partial charge in [-0.05, 0) is 27.7 Å². The first-order valence-corrected chi connectivity index (χ1v) is 7.63. The van der Waals surface area contributed by atoms with Crippen molar-refractivity contribution in [2.24, 2.45) is 0 Å². The van der Waals surface area contributed by atoms with Crippen LogP contribution in [-0.2, 0) is 4.74 Å². The molecular weight excluding hydrogens is 310 g/mol. The van der Waals surface area contributed by atoms with Gasteiger partial charge in [0.25, 0.3) is 5.91 Å². The monoisotopic (exact) mass is 329 g/mol. The van der Waals surface area contributed by atoms with Gasteiger partial charge in [-0.3, -0.25) is 4.79 Å². The standard InChI is InChI=1S/C14H20BrNO3/c1-8-7-18-12(5-15)6-16(8)14(17)13-9(2)10(3)19-11(13)4/h8,12H,5-7H2,1-4H3. The van der Waals surface area contributed by atoms with Crippen LogP contribution >= 0.6 is 15.9 Å². The van der Waals surface area contributed by atoms with Crippen LogP contribution in [0.15, 0.2) is 4.42 Å². The van der Waals surface area contributed by atoms with E-state index in [-0.39, 0.29) is 18.1 Å². The molecule has 2 rings (SSSR count). The van der Waals surface area contributed by atoms with E-state index in [1.54, 1.807) is 0 Å². The van der Waals surface area contributed by atoms with E-state index in [1.807, 2.05) is 32.6 Å². The third-order valence-electron chi connectivity index (χ3n) is 3.71. The summed E-state index contributed by atoms with van der Waals surface area (Å²) in [5.74, 6) is 1.57. The van der Waals surface area contributed by atoms with Gasteiger partial charge < -0.3 is 14.1 Å². The first-order valence-electron chi connectivity index (χ1n) is 6.50. The molecule has 1 aliphatic rings. The van der Waals surface area contributed by atoms with Crippen LogP contribution in [0.1, 0.15) is 34.4 Å². The van der Waals surface area contributed by atoms with Crippen molar-refractivity contribution in [2.45, 2.75) is 39.8 Å². The molecule has 1 fully saturated rings. The number of carbonyl (C=O) groups excluding carboxylic acids is 1. The minimum Gasteiger partial charge on any atom is -0.466 e. The number of nitrogens with zero attached hydrogens (tertiary/aromatic N) is 1. The second kappa shape index (κ2) is 5.67. The number of ether oxygens (including phenoxy) is 1. The predicted octanol–water partition coefficient (Wildman–Crippen LogP) is 2.83. The second-order valence-corrected chi connectivity index (χ2v) is 5.78. The summed E-state index contributed by atoms with van der Waals surface area (Å²) < 4.78 is 11.2. The van der Waals surface area contributed by atoms with Crippen molar-refractivity contribution in [3.05, 3.63) is 22.6 Å². The van der Waals surface area contributed by atoms with Crippen molar-refractivity contribution in [3.8, 4) is 0 Å². The van der Waals surface area contributed by atoms with Crippen molar-refractivity contribution in [3.63, 3.8) is 0 Å². The summed E-state index contributed by atoms with van der Waals surface area (Å²) in [6.07, 6.45) is 0.0637. The molecule has 1 amide bonds. The molecule has 0 N–H and O–H groups in total. The Kier molecular flexibility index (Phi) is 4.36. The number of hydrogen-bond donors (Lipinski definition) is 0. The molecule has 1 saturated heterocycles. The third-order valence-corrected chi connectivity index (χ3v) is 4.44. The van der Waals surface area contributed by atoms with Crippen LogP contribution in [0.2, 0.25) is 0 Å². The summed E-state index contributed by atoms with van der Waals surface area (Å²) in [5, 5.41) is 0.742. The molecule has 0 saturated carbocycles. The Bertz CT molecular complexity index is 483. The summed E-state index contributed by atoms with van der Waals surface area (Å²) in [7, 11) is 0. The highest BCUT2D eigenvalue weighted by Crippen LogP contribution is 2.25. The molecule has 19 heavy (non-hydrogen) atoms. The number of halogens is 1. The molecule has 4 nitrogen and oxygen atoms in total. The quantitative estimate of drug-likeness (QED) is 0.783. The number of alkyl halides is 1. The van der Waals surface area contributed by atoms with Gasteiger partial charge in [0.05, 0.1) is 24.3 Å². The van der Waals surface area contributed by atoms with Crippen LogP contribution in [0.4, 0.5) is 0 Å². The van der Waals surface area contributed by atoms with Crippen LogP contribution in [0, 0.1) is 20.8 Å². The fraction of sp³-hybridized carbons (Fsp3) is 0.643. The number of amides is 1. The first kappa shape index (κ1) is 14.6. The van der Waals surface area contributed by atoms with E-state index in [0.29, 0.717) is 24.5 Å². The zero-order valence-corrected chi connectivity index (χ0v) is 13.4. The lowest BCUT2D eigenvalue weighted by Crippen LogP contribution is -2.51. The molecule has 1 aromatic rings. The molecule has 0 bridgehead atoms. The average Bonchev–Trinajstić information content (AvgIpc) is 2.63. The number of morpholine rings is 1. The zero-order valence-electron chi connectivity index (χ0n) is 11.8. The topological polar surface area (TPSA) is 42.7 Å². The third kappa shape index (κ3) is 2.72. The van der Waals surface area contributed by atoms with Crippen molar-refractivity contribution in [1.82, 2.24) is 4.90 Å². The van der Waals surface area contributed by atoms with Gasteiger partial charge >= 0.3 is 0 Å². The number of aryl methyl sites for hydroxylation is 2. The minimum atomic E-state index is 0.0496. The van der Waals surface area contributed by atoms with E-state index >= 15 is 0 Å². The van der Waals surface area contributed by atoms with E-state index in [1.165, 1.54) is 0 Å². The van der Waals surface area contributed by atoms with Crippen LogP contribution in [0.25, 0.3) is 0 Å². The maximum Gasteiger partial charge on any atom is 0.258 e. The van der Waals surface area contributed by atoms with Gasteiger partial charge in [0, 0.05) is 17.4 Å². The summed E-state index contributed by atoms with van der Waals surface area (Å²) in [6.45, 7) is 8.89. The Hall–Kier alpha value is -0.810. The van der Waals surface area contributed by atoms with Gasteiger partial charge in [-0.25, -0.2) is 0 Å². The average molecular weight is 330 g/mol. The summed E-state index contributed by atoms with van der Waals surface area (Å²) >= 11 is 3.42. The molecule has 2 heterocycles. The largest absolute Gasteiger partial charge is 0.466 e. The summed E-state index contributed by atoms with van der Waals surface area (Å²) in [4.78, 5) is 14.6. The minimum absolute atomic E-state index is 0.0496. The maximum absolute atomic E-state index is 12.7. The Morgan fingerprint density at radius 2 is 2.05 bits per heavy atom. The number of hydrogen-bond acceptors (Lipinski definition) is 3. The molecule has 2 unspecified atom stereocenters. The van der Waals surface area contributed by atoms with E-state index in [4.69, 9.17) is 9.15 Å². The fourth-order valence-electron chi connectivity index (χ4n) is 2.45. The smallest absolute Gasteiger partial charge is 0.258 e. The molecule has 2 atom stereocenters. The van der Waals surface area contributed by atoms with Gasteiger partial charge in [-0.1, -0.05) is 15.9 Å². The van der Waals surface area contributed by atoms with E-state index in [0.717, 1.165) is 16.7 Å². The Balaban J connectivity index is 2.27. The molecule has 0 spiro atoms. The summed E-state index contributed by atoms with van der Waals surface area (Å²) in [5.41, 5.74) is 1.65. The van der Waals surface area contributed by atoms with E-state index in [9.17, 15) is 4.79 Å². The van der Waals surface area contributed by atoms with Crippen molar-refractivity contribution in [2.75, 3.05) is 18.5 Å². The maximum atomic E-state index is 12.7. The van der Waals surface area contributed by atoms with Gasteiger partial charge in [0.2, 0.25) is 0 Å². The van der Waals surface area contributed by atoms with Crippen molar-refractivity contribution >= 4 is 21.8 Å². The Morgan fingerprint density at radius 3 is 2.58 bits per heavy atom. The lowest BCUT2D eigenvalue weighted by Gasteiger charge is -2.37. The number of carbonyl (C=O) groups is 1. The number of furan rings is 1. The normalized spacial score (nSPS) is 23.7. The Labute approximate surface area is 122 Å². The van der Waals surface area contributed by atoms with Gasteiger partial charge in [0.15, 0.2) is 0 Å². The lowest BCUT2D eigenvalue weighted by molar-refractivity contribution is -0.0362. The van der Waals surface area contributed by atoms with Gasteiger partial charge in [-0.2, -0.15) is 0 Å². The van der Waals surface area contributed by atoms with Crippen LogP contribution < -0.4 is 0 Å². The predicted molar refractivity (Wildman–Crippen MR) is 77.0 cm³/mol. The lowest BCUT2D eigenvalue weighted by atomic mass is 10.1. The van der Waals surface area contributed by atoms with Gasteiger partial charge in [0.1, 0.15) is 11.5 Å². The highest BCUT2D eigenvalue weighted by Gasteiger charge is 2.32. The number of rotatable bonds is 2. The molecule has 1 aromatic heterocycles.